The number of hydrogen-bond acceptors (Lipinski definition) is 6. The highest BCUT2D eigenvalue weighted by molar-refractivity contribution is 6.30. The third kappa shape index (κ3) is 6.04. The van der Waals surface area contributed by atoms with Gasteiger partial charge in [0.05, 0.1) is 30.2 Å². The van der Waals surface area contributed by atoms with Crippen LogP contribution in [0.3, 0.4) is 0 Å². The number of carbonyl (C=O) groups excluding carboxylic acids is 1. The third-order valence-corrected chi connectivity index (χ3v) is 8.90. The van der Waals surface area contributed by atoms with Crippen molar-refractivity contribution < 1.29 is 18.7 Å². The number of anilines is 1. The molecule has 7 rings (SSSR count). The van der Waals surface area contributed by atoms with E-state index in [1.807, 2.05) is 30.3 Å². The lowest BCUT2D eigenvalue weighted by Crippen LogP contribution is -2.35. The molecule has 224 valence electrons. The molecular weight excluding hydrogens is 571 g/mol. The van der Waals surface area contributed by atoms with Crippen molar-refractivity contribution in [3.05, 3.63) is 82.5 Å². The molecule has 0 saturated carbocycles. The fraction of sp³-hybridized carbons (Fsp3) is 0.406. The Labute approximate surface area is 254 Å². The summed E-state index contributed by atoms with van der Waals surface area (Å²) in [4.78, 5) is 26.3. The van der Waals surface area contributed by atoms with Gasteiger partial charge in [-0.3, -0.25) is 9.80 Å². The second kappa shape index (κ2) is 12.1. The highest BCUT2D eigenvalue weighted by Gasteiger charge is 2.27. The Bertz CT molecular complexity index is 1630. The minimum atomic E-state index is -0.385. The number of hydrogen-bond donors (Lipinski definition) is 1. The fourth-order valence-electron chi connectivity index (χ4n) is 6.13. The van der Waals surface area contributed by atoms with Crippen LogP contribution in [0.2, 0.25) is 5.02 Å². The van der Waals surface area contributed by atoms with E-state index in [4.69, 9.17) is 31.0 Å². The number of halogens is 2. The molecule has 3 saturated heterocycles. The van der Waals surface area contributed by atoms with E-state index in [2.05, 4.69) is 20.9 Å². The number of carbonyl (C=O) groups is 1. The van der Waals surface area contributed by atoms with E-state index in [0.717, 1.165) is 80.3 Å². The van der Waals surface area contributed by atoms with Gasteiger partial charge in [0.25, 0.3) is 0 Å². The maximum atomic E-state index is 14.2. The summed E-state index contributed by atoms with van der Waals surface area (Å²) in [6.07, 6.45) is 3.22. The Morgan fingerprint density at radius 3 is 2.65 bits per heavy atom. The number of urea groups is 1. The smallest absolute Gasteiger partial charge is 0.321 e. The highest BCUT2D eigenvalue weighted by Crippen LogP contribution is 2.31. The van der Waals surface area contributed by atoms with Crippen LogP contribution in [0.5, 0.6) is 5.88 Å². The molecule has 0 aliphatic carbocycles. The van der Waals surface area contributed by atoms with Gasteiger partial charge in [-0.15, -0.1) is 0 Å². The van der Waals surface area contributed by atoms with Crippen LogP contribution in [0, 0.1) is 5.82 Å². The Balaban J connectivity index is 1.02. The molecule has 0 spiro atoms. The van der Waals surface area contributed by atoms with E-state index in [1.165, 1.54) is 6.07 Å². The van der Waals surface area contributed by atoms with E-state index in [1.54, 1.807) is 17.0 Å². The first-order valence-corrected chi connectivity index (χ1v) is 15.3. The molecule has 2 aromatic heterocycles. The number of rotatable bonds is 9. The number of ether oxygens (including phenoxy) is 2. The lowest BCUT2D eigenvalue weighted by Gasteiger charge is -2.32. The van der Waals surface area contributed by atoms with Crippen molar-refractivity contribution in [1.29, 1.82) is 0 Å². The molecule has 4 aromatic rings. The minimum Gasteiger partial charge on any atom is -0.473 e. The van der Waals surface area contributed by atoms with E-state index >= 15 is 0 Å². The number of nitrogens with one attached hydrogen (secondary N) is 1. The summed E-state index contributed by atoms with van der Waals surface area (Å²) in [5.74, 6) is 1.45. The molecule has 9 nitrogen and oxygen atoms in total. The molecule has 0 radical (unpaired) electrons. The number of pyridine rings is 1. The first kappa shape index (κ1) is 28.1. The van der Waals surface area contributed by atoms with Crippen molar-refractivity contribution in [2.75, 3.05) is 37.7 Å². The third-order valence-electron chi connectivity index (χ3n) is 8.67. The molecule has 43 heavy (non-hydrogen) atoms. The van der Waals surface area contributed by atoms with Crippen LogP contribution in [-0.4, -0.2) is 64.4 Å². The molecule has 3 aliphatic heterocycles. The fourth-order valence-corrected chi connectivity index (χ4v) is 6.29. The summed E-state index contributed by atoms with van der Waals surface area (Å²) < 4.78 is 28.1. The largest absolute Gasteiger partial charge is 0.473 e. The topological polar surface area (TPSA) is 84.8 Å². The molecule has 5 heterocycles. The van der Waals surface area contributed by atoms with Gasteiger partial charge in [0.15, 0.2) is 0 Å². The average molecular weight is 605 g/mol. The molecule has 3 aliphatic rings. The van der Waals surface area contributed by atoms with Crippen LogP contribution in [0.4, 0.5) is 14.9 Å². The molecule has 2 amide bonds. The van der Waals surface area contributed by atoms with E-state index in [0.29, 0.717) is 35.5 Å². The summed E-state index contributed by atoms with van der Waals surface area (Å²) in [5.41, 5.74) is 4.29. The van der Waals surface area contributed by atoms with Crippen molar-refractivity contribution in [2.45, 2.75) is 51.0 Å². The number of aromatic nitrogens is 3. The van der Waals surface area contributed by atoms with Crippen molar-refractivity contribution in [3.8, 4) is 5.88 Å². The molecule has 2 aromatic carbocycles. The summed E-state index contributed by atoms with van der Waals surface area (Å²) in [6.45, 7) is 5.60. The van der Waals surface area contributed by atoms with Crippen LogP contribution in [0.15, 0.2) is 54.6 Å². The SMILES string of the molecule is O=C1NCCN1c1ccc2c(c1)nc(CN1CCC(c3cccc(OCc4ccc(Cl)cc4F)n3)CC1)n2C[C@@H]1CCO1. The number of nitrogens with zero attached hydrogens (tertiary/aromatic N) is 5. The zero-order chi connectivity index (χ0) is 29.3. The second-order valence-corrected chi connectivity index (χ2v) is 11.9. The van der Waals surface area contributed by atoms with Gasteiger partial charge < -0.3 is 19.4 Å². The quantitative estimate of drug-likeness (QED) is 0.272. The normalized spacial score (nSPS) is 19.5. The monoisotopic (exact) mass is 604 g/mol. The maximum Gasteiger partial charge on any atom is 0.321 e. The summed E-state index contributed by atoms with van der Waals surface area (Å²) in [7, 11) is 0. The predicted octanol–water partition coefficient (Wildman–Crippen LogP) is 5.50. The number of piperidine rings is 1. The van der Waals surface area contributed by atoms with Gasteiger partial charge in [0.2, 0.25) is 5.88 Å². The number of benzene rings is 2. The number of fused-ring (bicyclic) bond motifs is 1. The zero-order valence-corrected chi connectivity index (χ0v) is 24.6. The minimum absolute atomic E-state index is 0.0632. The predicted molar refractivity (Wildman–Crippen MR) is 162 cm³/mol. The summed E-state index contributed by atoms with van der Waals surface area (Å²) >= 11 is 5.86. The second-order valence-electron chi connectivity index (χ2n) is 11.5. The van der Waals surface area contributed by atoms with E-state index in [-0.39, 0.29) is 24.6 Å². The zero-order valence-electron chi connectivity index (χ0n) is 23.8. The summed E-state index contributed by atoms with van der Waals surface area (Å²) in [5, 5.41) is 3.23. The average Bonchev–Trinajstić information content (AvgIpc) is 3.57. The van der Waals surface area contributed by atoms with Crippen LogP contribution >= 0.6 is 11.6 Å². The van der Waals surface area contributed by atoms with Crippen molar-refractivity contribution in [1.82, 2.24) is 24.8 Å². The Hall–Kier alpha value is -3.73. The summed E-state index contributed by atoms with van der Waals surface area (Å²) in [6, 6.07) is 16.4. The Morgan fingerprint density at radius 2 is 1.91 bits per heavy atom. The lowest BCUT2D eigenvalue weighted by atomic mass is 9.93. The number of amides is 2. The van der Waals surface area contributed by atoms with Crippen LogP contribution in [-0.2, 0) is 24.4 Å². The molecular formula is C32H34ClFN6O3. The number of imidazole rings is 1. The first-order valence-electron chi connectivity index (χ1n) is 14.9. The standard InChI is InChI=1S/C32H34ClFN6O3/c33-23-5-4-22(26(34)16-23)20-43-31-3-1-2-27(37-31)21-8-12-38(13-9-21)19-30-36-28-17-24(39-14-11-35-32(39)41)6-7-29(28)40(30)18-25-10-15-42-25/h1-7,16-17,21,25H,8-15,18-20H2,(H,35,41)/t25-/m0/s1. The van der Waals surface area contributed by atoms with Crippen molar-refractivity contribution in [2.24, 2.45) is 0 Å². The highest BCUT2D eigenvalue weighted by atomic mass is 35.5. The van der Waals surface area contributed by atoms with Crippen molar-refractivity contribution >= 4 is 34.4 Å². The van der Waals surface area contributed by atoms with Crippen LogP contribution < -0.4 is 15.0 Å². The van der Waals surface area contributed by atoms with Crippen molar-refractivity contribution in [3.63, 3.8) is 0 Å². The van der Waals surface area contributed by atoms with Gasteiger partial charge in [-0.25, -0.2) is 19.2 Å². The van der Waals surface area contributed by atoms with Gasteiger partial charge in [-0.1, -0.05) is 23.7 Å². The van der Waals surface area contributed by atoms with E-state index in [9.17, 15) is 9.18 Å². The molecule has 1 N–H and O–H groups in total. The molecule has 3 fully saturated rings. The van der Waals surface area contributed by atoms with Crippen LogP contribution in [0.25, 0.3) is 11.0 Å². The lowest BCUT2D eigenvalue weighted by molar-refractivity contribution is -0.0592. The molecule has 1 atom stereocenters. The molecule has 11 heteroatoms. The number of likely N-dealkylation sites (tertiary alicyclic amines) is 1. The van der Waals surface area contributed by atoms with Gasteiger partial charge in [-0.05, 0) is 68.8 Å². The van der Waals surface area contributed by atoms with E-state index < -0.39 is 0 Å². The maximum absolute atomic E-state index is 14.2. The van der Waals surface area contributed by atoms with Gasteiger partial charge in [0.1, 0.15) is 18.2 Å². The Kier molecular flexibility index (Phi) is 7.90. The van der Waals surface area contributed by atoms with Gasteiger partial charge >= 0.3 is 6.03 Å². The molecule has 0 unspecified atom stereocenters. The first-order chi connectivity index (χ1) is 21.0. The molecule has 0 bridgehead atoms. The van der Waals surface area contributed by atoms with Crippen LogP contribution in [0.1, 0.15) is 42.3 Å². The Morgan fingerprint density at radius 1 is 1.05 bits per heavy atom. The van der Waals surface area contributed by atoms with Gasteiger partial charge in [0, 0.05) is 53.6 Å². The van der Waals surface area contributed by atoms with Gasteiger partial charge in [-0.2, -0.15) is 0 Å².